The van der Waals surface area contributed by atoms with Gasteiger partial charge in [-0.05, 0) is 49.4 Å². The number of methoxy groups -OCH3 is 1. The number of sulfonamides is 1. The van der Waals surface area contributed by atoms with Crippen molar-refractivity contribution in [3.63, 3.8) is 0 Å². The molecule has 0 amide bonds. The van der Waals surface area contributed by atoms with Gasteiger partial charge in [-0.25, -0.2) is 8.42 Å². The number of benzene rings is 1. The molecule has 7 nitrogen and oxygen atoms in total. The topological polar surface area (TPSA) is 93.1 Å². The highest BCUT2D eigenvalue weighted by Gasteiger charge is 2.41. The summed E-state index contributed by atoms with van der Waals surface area (Å²) >= 11 is 0. The number of ether oxygens (including phenoxy) is 2. The van der Waals surface area contributed by atoms with Gasteiger partial charge in [0.05, 0.1) is 24.7 Å². The first-order valence-corrected chi connectivity index (χ1v) is 11.4. The molecule has 1 unspecified atom stereocenters. The van der Waals surface area contributed by atoms with Crippen molar-refractivity contribution in [2.75, 3.05) is 20.3 Å². The highest BCUT2D eigenvalue weighted by Crippen LogP contribution is 2.28. The lowest BCUT2D eigenvalue weighted by Gasteiger charge is -2.34. The van der Waals surface area contributed by atoms with Crippen molar-refractivity contribution in [3.05, 3.63) is 24.3 Å². The molecule has 1 N–H and O–H groups in total. The number of esters is 1. The number of carbonyl (C=O) groups excluding carboxylic acids is 1. The molecule has 0 aromatic heterocycles. The van der Waals surface area contributed by atoms with Crippen LogP contribution in [0, 0.1) is 5.92 Å². The minimum atomic E-state index is -3.88. The molecular formula is C20H29NO6S. The van der Waals surface area contributed by atoms with Gasteiger partial charge < -0.3 is 14.6 Å². The molecule has 2 atom stereocenters. The molecule has 1 saturated heterocycles. The summed E-state index contributed by atoms with van der Waals surface area (Å²) in [5, 5.41) is 9.84. The zero-order chi connectivity index (χ0) is 20.1. The van der Waals surface area contributed by atoms with Gasteiger partial charge in [0.1, 0.15) is 11.8 Å². The van der Waals surface area contributed by atoms with Crippen molar-refractivity contribution >= 4 is 16.0 Å². The van der Waals surface area contributed by atoms with Crippen molar-refractivity contribution in [2.45, 2.75) is 62.0 Å². The summed E-state index contributed by atoms with van der Waals surface area (Å²) in [4.78, 5) is 12.1. The predicted octanol–water partition coefficient (Wildman–Crippen LogP) is 2.33. The van der Waals surface area contributed by atoms with Crippen LogP contribution in [0.3, 0.4) is 0 Å². The van der Waals surface area contributed by atoms with E-state index in [2.05, 4.69) is 0 Å². The summed E-state index contributed by atoms with van der Waals surface area (Å²) in [6.45, 7) is 0.726. The first kappa shape index (κ1) is 21.1. The Labute approximate surface area is 166 Å². The van der Waals surface area contributed by atoms with E-state index in [9.17, 15) is 18.3 Å². The molecule has 0 bridgehead atoms. The van der Waals surface area contributed by atoms with E-state index in [1.165, 1.54) is 51.3 Å². The molecule has 2 fully saturated rings. The molecule has 1 aromatic rings. The SMILES string of the molecule is COC(=O)[C@@H]1CC(O)CCN1S(=O)(=O)c1ccc(OCC2CCCCC2)cc1. The fourth-order valence-corrected chi connectivity index (χ4v) is 5.58. The van der Waals surface area contributed by atoms with Crippen LogP contribution in [0.15, 0.2) is 29.2 Å². The van der Waals surface area contributed by atoms with Gasteiger partial charge in [-0.1, -0.05) is 19.3 Å². The van der Waals surface area contributed by atoms with Crippen LogP contribution in [0.4, 0.5) is 0 Å². The van der Waals surface area contributed by atoms with Crippen LogP contribution in [-0.2, 0) is 19.6 Å². The van der Waals surface area contributed by atoms with Gasteiger partial charge in [-0.3, -0.25) is 4.79 Å². The van der Waals surface area contributed by atoms with Crippen molar-refractivity contribution in [1.29, 1.82) is 0 Å². The zero-order valence-corrected chi connectivity index (χ0v) is 17.1. The summed E-state index contributed by atoms with van der Waals surface area (Å²) in [6, 6.07) is 5.31. The van der Waals surface area contributed by atoms with Gasteiger partial charge >= 0.3 is 5.97 Å². The van der Waals surface area contributed by atoms with Gasteiger partial charge in [0, 0.05) is 13.0 Å². The summed E-state index contributed by atoms with van der Waals surface area (Å²) in [5.74, 6) is 0.551. The second kappa shape index (κ2) is 9.24. The van der Waals surface area contributed by atoms with E-state index in [4.69, 9.17) is 9.47 Å². The molecule has 8 heteroatoms. The molecule has 28 heavy (non-hydrogen) atoms. The maximum atomic E-state index is 13.0. The van der Waals surface area contributed by atoms with Crippen molar-refractivity contribution in [2.24, 2.45) is 5.92 Å². The fraction of sp³-hybridized carbons (Fsp3) is 0.650. The molecule has 1 aliphatic carbocycles. The van der Waals surface area contributed by atoms with Crippen LogP contribution in [0.5, 0.6) is 5.75 Å². The maximum absolute atomic E-state index is 13.0. The van der Waals surface area contributed by atoms with Crippen LogP contribution in [0.25, 0.3) is 0 Å². The van der Waals surface area contributed by atoms with Crippen LogP contribution < -0.4 is 4.74 Å². The molecule has 156 valence electrons. The summed E-state index contributed by atoms with van der Waals surface area (Å²) < 4.78 is 37.8. The van der Waals surface area contributed by atoms with Crippen LogP contribution in [0.1, 0.15) is 44.9 Å². The van der Waals surface area contributed by atoms with Crippen LogP contribution in [-0.4, -0.2) is 56.2 Å². The van der Waals surface area contributed by atoms with E-state index in [0.717, 1.165) is 4.31 Å². The van der Waals surface area contributed by atoms with E-state index in [0.29, 0.717) is 18.3 Å². The molecule has 1 heterocycles. The normalized spacial score (nSPS) is 24.6. The Morgan fingerprint density at radius 1 is 1.14 bits per heavy atom. The standard InChI is InChI=1S/C20H29NO6S/c1-26-20(23)19-13-16(22)11-12-21(19)28(24,25)18-9-7-17(8-10-18)27-14-15-5-3-2-4-6-15/h7-10,15-16,19,22H,2-6,11-14H2,1H3/t16?,19-/m0/s1. The summed E-state index contributed by atoms with van der Waals surface area (Å²) in [6.07, 6.45) is 5.76. The van der Waals surface area contributed by atoms with Crippen molar-refractivity contribution in [1.82, 2.24) is 4.31 Å². The third-order valence-electron chi connectivity index (χ3n) is 5.64. The number of aliphatic hydroxyl groups excluding tert-OH is 1. The number of nitrogens with zero attached hydrogens (tertiary/aromatic N) is 1. The number of rotatable bonds is 6. The largest absolute Gasteiger partial charge is 0.493 e. The molecule has 1 saturated carbocycles. The van der Waals surface area contributed by atoms with Crippen molar-refractivity contribution < 1.29 is 27.8 Å². The number of carbonyl (C=O) groups is 1. The Hall–Kier alpha value is -1.64. The molecule has 1 aliphatic heterocycles. The predicted molar refractivity (Wildman–Crippen MR) is 103 cm³/mol. The fourth-order valence-electron chi connectivity index (χ4n) is 3.97. The van der Waals surface area contributed by atoms with E-state index >= 15 is 0 Å². The molecule has 2 aliphatic rings. The lowest BCUT2D eigenvalue weighted by Crippen LogP contribution is -2.51. The minimum Gasteiger partial charge on any atom is -0.493 e. The first-order valence-electron chi connectivity index (χ1n) is 9.92. The summed E-state index contributed by atoms with van der Waals surface area (Å²) in [5.41, 5.74) is 0. The first-order chi connectivity index (χ1) is 13.4. The third-order valence-corrected chi connectivity index (χ3v) is 7.56. The zero-order valence-electron chi connectivity index (χ0n) is 16.2. The Kier molecular flexibility index (Phi) is 6.95. The number of hydrogen-bond donors (Lipinski definition) is 1. The van der Waals surface area contributed by atoms with Crippen LogP contribution in [0.2, 0.25) is 0 Å². The summed E-state index contributed by atoms with van der Waals surface area (Å²) in [7, 11) is -2.66. The van der Waals surface area contributed by atoms with Crippen molar-refractivity contribution in [3.8, 4) is 5.75 Å². The van der Waals surface area contributed by atoms with E-state index in [1.54, 1.807) is 12.1 Å². The Morgan fingerprint density at radius 3 is 2.46 bits per heavy atom. The maximum Gasteiger partial charge on any atom is 0.324 e. The monoisotopic (exact) mass is 411 g/mol. The molecule has 3 rings (SSSR count). The second-order valence-corrected chi connectivity index (χ2v) is 9.51. The molecule has 1 aromatic carbocycles. The van der Waals surface area contributed by atoms with Crippen LogP contribution >= 0.6 is 0 Å². The Bertz CT molecular complexity index is 757. The average molecular weight is 412 g/mol. The lowest BCUT2D eigenvalue weighted by atomic mass is 9.90. The highest BCUT2D eigenvalue weighted by atomic mass is 32.2. The highest BCUT2D eigenvalue weighted by molar-refractivity contribution is 7.89. The third kappa shape index (κ3) is 4.85. The van der Waals surface area contributed by atoms with Gasteiger partial charge in [0.25, 0.3) is 0 Å². The molecule has 0 radical (unpaired) electrons. The minimum absolute atomic E-state index is 0.0362. The smallest absolute Gasteiger partial charge is 0.324 e. The second-order valence-electron chi connectivity index (χ2n) is 7.62. The number of piperidine rings is 1. The van der Waals surface area contributed by atoms with Gasteiger partial charge in [-0.15, -0.1) is 0 Å². The average Bonchev–Trinajstić information content (AvgIpc) is 2.72. The van der Waals surface area contributed by atoms with Gasteiger partial charge in [-0.2, -0.15) is 4.31 Å². The van der Waals surface area contributed by atoms with E-state index in [-0.39, 0.29) is 24.3 Å². The van der Waals surface area contributed by atoms with E-state index in [1.807, 2.05) is 0 Å². The number of hydrogen-bond acceptors (Lipinski definition) is 6. The quantitative estimate of drug-likeness (QED) is 0.722. The van der Waals surface area contributed by atoms with Gasteiger partial charge in [0.2, 0.25) is 10.0 Å². The lowest BCUT2D eigenvalue weighted by molar-refractivity contribution is -0.147. The Morgan fingerprint density at radius 2 is 1.82 bits per heavy atom. The van der Waals surface area contributed by atoms with Gasteiger partial charge in [0.15, 0.2) is 0 Å². The Balaban J connectivity index is 1.69. The molecule has 0 spiro atoms. The molecular weight excluding hydrogens is 382 g/mol. The van der Waals surface area contributed by atoms with E-state index < -0.39 is 28.1 Å². The number of aliphatic hydroxyl groups is 1.